The molecule has 0 bridgehead atoms. The number of carbonyl (C=O) groups is 4. The van der Waals surface area contributed by atoms with Crippen molar-refractivity contribution in [3.8, 4) is 0 Å². The van der Waals surface area contributed by atoms with Gasteiger partial charge in [-0.15, -0.1) is 0 Å². The number of aromatic nitrogens is 1. The Bertz CT molecular complexity index is 1380. The zero-order chi connectivity index (χ0) is 27.4. The Labute approximate surface area is 220 Å². The Balaban J connectivity index is 1.57. The lowest BCUT2D eigenvalue weighted by atomic mass is 9.95. The number of fused-ring (bicyclic) bond motifs is 2. The van der Waals surface area contributed by atoms with E-state index < -0.39 is 23.6 Å². The number of aromatic amines is 1. The molecule has 0 fully saturated rings. The highest BCUT2D eigenvalue weighted by molar-refractivity contribution is 5.95. The Kier molecular flexibility index (Phi) is 7.70. The quantitative estimate of drug-likeness (QED) is 0.311. The van der Waals surface area contributed by atoms with Gasteiger partial charge in [0.05, 0.1) is 0 Å². The minimum atomic E-state index is -1.44. The number of carbonyl (C=O) groups excluding carboxylic acids is 3. The molecule has 1 atom stereocenters. The monoisotopic (exact) mass is 519 g/mol. The summed E-state index contributed by atoms with van der Waals surface area (Å²) < 4.78 is 0. The van der Waals surface area contributed by atoms with Gasteiger partial charge in [0.15, 0.2) is 0 Å². The first kappa shape index (κ1) is 26.7. The molecule has 1 aliphatic heterocycles. The van der Waals surface area contributed by atoms with E-state index in [1.54, 1.807) is 11.0 Å². The summed E-state index contributed by atoms with van der Waals surface area (Å²) in [5.74, 6) is -0.983. The first-order valence-electron chi connectivity index (χ1n) is 12.6. The van der Waals surface area contributed by atoms with Crippen LogP contribution in [0.15, 0.2) is 48.7 Å². The summed E-state index contributed by atoms with van der Waals surface area (Å²) in [5.41, 5.74) is 2.90. The normalized spacial score (nSPS) is 13.9. The zero-order valence-corrected chi connectivity index (χ0v) is 21.8. The molecule has 38 heavy (non-hydrogen) atoms. The largest absolute Gasteiger partial charge is 0.465 e. The molecule has 0 unspecified atom stereocenters. The number of para-hydroxylation sites is 1. The van der Waals surface area contributed by atoms with E-state index in [1.165, 1.54) is 13.8 Å². The molecule has 3 aromatic rings. The van der Waals surface area contributed by atoms with E-state index in [0.29, 0.717) is 31.6 Å². The fraction of sp³-hybridized carbons (Fsp3) is 0.357. The lowest BCUT2D eigenvalue weighted by molar-refractivity contribution is -0.138. The molecule has 0 radical (unpaired) electrons. The van der Waals surface area contributed by atoms with Gasteiger partial charge in [0.25, 0.3) is 5.91 Å². The second-order valence-electron chi connectivity index (χ2n) is 10.00. The van der Waals surface area contributed by atoms with Crippen LogP contribution in [0.1, 0.15) is 47.8 Å². The molecule has 1 aliphatic rings. The highest BCUT2D eigenvalue weighted by Crippen LogP contribution is 2.24. The second kappa shape index (κ2) is 11.0. The molecule has 4 amide bonds. The maximum Gasteiger partial charge on any atom is 0.405 e. The number of nitrogens with one attached hydrogen (secondary N) is 4. The van der Waals surface area contributed by atoms with Crippen LogP contribution in [0.5, 0.6) is 0 Å². The van der Waals surface area contributed by atoms with Crippen LogP contribution in [0.3, 0.4) is 0 Å². The Hall–Kier alpha value is -4.34. The summed E-state index contributed by atoms with van der Waals surface area (Å²) in [5, 5.41) is 17.9. The molecule has 0 aliphatic carbocycles. The smallest absolute Gasteiger partial charge is 0.405 e. The number of rotatable bonds is 8. The molecular formula is C28H33N5O5. The topological polar surface area (TPSA) is 144 Å². The van der Waals surface area contributed by atoms with Gasteiger partial charge in [-0.25, -0.2) is 4.79 Å². The molecular weight excluding hydrogens is 486 g/mol. The SMILES string of the molecule is CCNC(=O)c1ccc2c(c1)CCN(C(=O)[C@@H](Cc1c[nH]c3ccccc13)NC(=O)C(C)(C)NC(=O)O)C2. The third-order valence-corrected chi connectivity index (χ3v) is 6.82. The minimum Gasteiger partial charge on any atom is -0.465 e. The molecule has 10 heteroatoms. The van der Waals surface area contributed by atoms with Crippen molar-refractivity contribution in [1.82, 2.24) is 25.8 Å². The van der Waals surface area contributed by atoms with Crippen molar-refractivity contribution < 1.29 is 24.3 Å². The lowest BCUT2D eigenvalue weighted by Gasteiger charge is -2.33. The van der Waals surface area contributed by atoms with Crippen molar-refractivity contribution in [3.63, 3.8) is 0 Å². The van der Waals surface area contributed by atoms with Crippen molar-refractivity contribution in [2.75, 3.05) is 13.1 Å². The van der Waals surface area contributed by atoms with Gasteiger partial charge in [0.1, 0.15) is 11.6 Å². The van der Waals surface area contributed by atoms with Crippen LogP contribution >= 0.6 is 0 Å². The van der Waals surface area contributed by atoms with Gasteiger partial charge >= 0.3 is 6.09 Å². The van der Waals surface area contributed by atoms with Crippen LogP contribution < -0.4 is 16.0 Å². The molecule has 0 saturated carbocycles. The van der Waals surface area contributed by atoms with E-state index in [4.69, 9.17) is 5.11 Å². The van der Waals surface area contributed by atoms with E-state index in [0.717, 1.165) is 27.6 Å². The van der Waals surface area contributed by atoms with Gasteiger partial charge in [-0.05, 0) is 62.1 Å². The Morgan fingerprint density at radius 3 is 2.61 bits per heavy atom. The molecule has 5 N–H and O–H groups in total. The van der Waals surface area contributed by atoms with E-state index in [1.807, 2.05) is 49.5 Å². The number of amides is 4. The average Bonchev–Trinajstić information content (AvgIpc) is 3.29. The van der Waals surface area contributed by atoms with Crippen LogP contribution in [-0.2, 0) is 29.0 Å². The minimum absolute atomic E-state index is 0.132. The fourth-order valence-corrected chi connectivity index (χ4v) is 4.75. The van der Waals surface area contributed by atoms with Crippen molar-refractivity contribution in [2.24, 2.45) is 0 Å². The Morgan fingerprint density at radius 1 is 1.11 bits per heavy atom. The maximum atomic E-state index is 13.8. The van der Waals surface area contributed by atoms with Crippen LogP contribution in [0.25, 0.3) is 10.9 Å². The van der Waals surface area contributed by atoms with Gasteiger partial charge in [-0.2, -0.15) is 0 Å². The van der Waals surface area contributed by atoms with Crippen molar-refractivity contribution in [2.45, 2.75) is 51.7 Å². The average molecular weight is 520 g/mol. The number of carboxylic acid groups (broad SMARTS) is 1. The first-order chi connectivity index (χ1) is 18.1. The van der Waals surface area contributed by atoms with Crippen LogP contribution in [0, 0.1) is 0 Å². The summed E-state index contributed by atoms with van der Waals surface area (Å²) in [4.78, 5) is 55.2. The van der Waals surface area contributed by atoms with E-state index in [9.17, 15) is 19.2 Å². The highest BCUT2D eigenvalue weighted by atomic mass is 16.4. The predicted molar refractivity (Wildman–Crippen MR) is 143 cm³/mol. The number of H-pyrrole nitrogens is 1. The van der Waals surface area contributed by atoms with Gasteiger partial charge in [0, 0.05) is 48.7 Å². The molecule has 1 aromatic heterocycles. The van der Waals surface area contributed by atoms with Gasteiger partial charge in [-0.3, -0.25) is 14.4 Å². The summed E-state index contributed by atoms with van der Waals surface area (Å²) in [6.07, 6.45) is 1.31. The van der Waals surface area contributed by atoms with Crippen molar-refractivity contribution >= 4 is 34.7 Å². The van der Waals surface area contributed by atoms with E-state index >= 15 is 0 Å². The number of benzene rings is 2. The highest BCUT2D eigenvalue weighted by Gasteiger charge is 2.35. The molecule has 200 valence electrons. The van der Waals surface area contributed by atoms with Gasteiger partial charge in [0.2, 0.25) is 11.8 Å². The second-order valence-corrected chi connectivity index (χ2v) is 10.00. The van der Waals surface area contributed by atoms with Crippen LogP contribution in [0.4, 0.5) is 4.79 Å². The predicted octanol–water partition coefficient (Wildman–Crippen LogP) is 2.58. The van der Waals surface area contributed by atoms with Gasteiger partial charge < -0.3 is 30.9 Å². The number of hydrogen-bond donors (Lipinski definition) is 5. The molecule has 2 aromatic carbocycles. The van der Waals surface area contributed by atoms with E-state index in [2.05, 4.69) is 20.9 Å². The third-order valence-electron chi connectivity index (χ3n) is 6.82. The number of nitrogens with zero attached hydrogens (tertiary/aromatic N) is 1. The third kappa shape index (κ3) is 5.80. The molecule has 0 saturated heterocycles. The Morgan fingerprint density at radius 2 is 1.87 bits per heavy atom. The standard InChI is InChI=1S/C28H33N5O5/c1-4-29-24(34)18-9-10-19-16-33(12-11-17(19)13-18)25(35)23(31-26(36)28(2,3)32-27(37)38)14-20-15-30-22-8-6-5-7-21(20)22/h5-10,13,15,23,30,32H,4,11-12,14,16H2,1-3H3,(H,29,34)(H,31,36)(H,37,38)/t23-/m1/s1. The molecule has 0 spiro atoms. The summed E-state index contributed by atoms with van der Waals surface area (Å²) >= 11 is 0. The van der Waals surface area contributed by atoms with E-state index in [-0.39, 0.29) is 18.2 Å². The van der Waals surface area contributed by atoms with Crippen LogP contribution in [-0.4, -0.2) is 63.5 Å². The molecule has 2 heterocycles. The van der Waals surface area contributed by atoms with Gasteiger partial charge in [-0.1, -0.05) is 24.3 Å². The van der Waals surface area contributed by atoms with Crippen molar-refractivity contribution in [3.05, 3.63) is 70.9 Å². The summed E-state index contributed by atoms with van der Waals surface area (Å²) in [7, 11) is 0. The maximum absolute atomic E-state index is 13.8. The number of hydrogen-bond acceptors (Lipinski definition) is 4. The van der Waals surface area contributed by atoms with Crippen molar-refractivity contribution in [1.29, 1.82) is 0 Å². The summed E-state index contributed by atoms with van der Waals surface area (Å²) in [6.45, 7) is 6.09. The summed E-state index contributed by atoms with van der Waals surface area (Å²) in [6, 6.07) is 12.3. The molecule has 10 nitrogen and oxygen atoms in total. The molecule has 4 rings (SSSR count). The lowest BCUT2D eigenvalue weighted by Crippen LogP contribution is -2.59. The fourth-order valence-electron chi connectivity index (χ4n) is 4.75. The zero-order valence-electron chi connectivity index (χ0n) is 21.8. The first-order valence-corrected chi connectivity index (χ1v) is 12.6. The van der Waals surface area contributed by atoms with Crippen LogP contribution in [0.2, 0.25) is 0 Å².